The molecule has 204 valence electrons. The van der Waals surface area contributed by atoms with Crippen molar-refractivity contribution in [1.29, 1.82) is 0 Å². The Morgan fingerprint density at radius 2 is 1.47 bits per heavy atom. The summed E-state index contributed by atoms with van der Waals surface area (Å²) >= 11 is 0. The van der Waals surface area contributed by atoms with Crippen LogP contribution in [0.15, 0.2) is 60.7 Å². The molecule has 8 heteroatoms. The van der Waals surface area contributed by atoms with Gasteiger partial charge in [-0.2, -0.15) is 0 Å². The fourth-order valence-electron chi connectivity index (χ4n) is 5.81. The van der Waals surface area contributed by atoms with Crippen molar-refractivity contribution in [2.24, 2.45) is 11.8 Å². The van der Waals surface area contributed by atoms with Gasteiger partial charge < -0.3 is 24.7 Å². The SMILES string of the molecule is CN(CCCCC(=O)O)C(=O)CCN1C[C@H]2C[C@@H](OC(=O)C(O)(c3ccccc3)c3ccccc3)C[C@H]2C1. The second-order valence-corrected chi connectivity index (χ2v) is 10.6. The third-order valence-corrected chi connectivity index (χ3v) is 7.94. The van der Waals surface area contributed by atoms with Gasteiger partial charge in [0.1, 0.15) is 6.10 Å². The van der Waals surface area contributed by atoms with E-state index in [0.29, 0.717) is 55.3 Å². The first kappa shape index (κ1) is 27.8. The van der Waals surface area contributed by atoms with Crippen LogP contribution in [0.4, 0.5) is 0 Å². The second kappa shape index (κ2) is 12.5. The molecule has 2 aromatic carbocycles. The maximum atomic E-state index is 13.4. The molecule has 1 saturated carbocycles. The highest BCUT2D eigenvalue weighted by atomic mass is 16.6. The number of benzene rings is 2. The van der Waals surface area contributed by atoms with Crippen molar-refractivity contribution >= 4 is 17.8 Å². The Morgan fingerprint density at radius 3 is 2.00 bits per heavy atom. The number of nitrogens with zero attached hydrogens (tertiary/aromatic N) is 2. The fourth-order valence-corrected chi connectivity index (χ4v) is 5.81. The van der Waals surface area contributed by atoms with E-state index in [1.54, 1.807) is 60.5 Å². The van der Waals surface area contributed by atoms with Crippen LogP contribution in [-0.2, 0) is 24.7 Å². The first-order chi connectivity index (χ1) is 18.3. The Balaban J connectivity index is 1.26. The standard InChI is InChI=1S/C30H38N2O6/c1-31(16-9-8-14-28(34)35)27(33)15-17-32-20-22-18-26(19-23(22)21-32)38-29(36)30(37,24-10-4-2-5-11-24)25-12-6-3-7-13-25/h2-7,10-13,22-23,26,37H,8-9,14-21H2,1H3,(H,34,35)/t22-,23+,26-. The highest BCUT2D eigenvalue weighted by Crippen LogP contribution is 2.41. The molecule has 1 aliphatic heterocycles. The summed E-state index contributed by atoms with van der Waals surface area (Å²) in [5, 5.41) is 20.4. The molecule has 4 rings (SSSR count). The van der Waals surface area contributed by atoms with Gasteiger partial charge in [0.15, 0.2) is 0 Å². The van der Waals surface area contributed by atoms with Crippen molar-refractivity contribution in [1.82, 2.24) is 9.80 Å². The number of ether oxygens (including phenoxy) is 1. The molecule has 2 fully saturated rings. The molecule has 1 aliphatic carbocycles. The number of aliphatic carboxylic acids is 1. The topological polar surface area (TPSA) is 107 Å². The molecule has 0 bridgehead atoms. The monoisotopic (exact) mass is 522 g/mol. The number of hydrogen-bond donors (Lipinski definition) is 2. The molecule has 0 aromatic heterocycles. The number of carbonyl (C=O) groups excluding carboxylic acids is 2. The lowest BCUT2D eigenvalue weighted by atomic mass is 9.86. The largest absolute Gasteiger partial charge is 0.481 e. The van der Waals surface area contributed by atoms with Crippen molar-refractivity contribution in [2.45, 2.75) is 50.2 Å². The highest BCUT2D eigenvalue weighted by molar-refractivity contribution is 5.85. The van der Waals surface area contributed by atoms with E-state index in [2.05, 4.69) is 4.90 Å². The Bertz CT molecular complexity index is 1040. The molecule has 8 nitrogen and oxygen atoms in total. The van der Waals surface area contributed by atoms with Crippen molar-refractivity contribution in [3.63, 3.8) is 0 Å². The van der Waals surface area contributed by atoms with E-state index in [1.165, 1.54) is 0 Å². The van der Waals surface area contributed by atoms with Crippen molar-refractivity contribution in [2.75, 3.05) is 33.2 Å². The van der Waals surface area contributed by atoms with Crippen LogP contribution in [0.5, 0.6) is 0 Å². The number of carboxylic acids is 1. The molecular weight excluding hydrogens is 484 g/mol. The number of unbranched alkanes of at least 4 members (excludes halogenated alkanes) is 1. The van der Waals surface area contributed by atoms with Crippen molar-refractivity contribution in [3.05, 3.63) is 71.8 Å². The number of likely N-dealkylation sites (tertiary alicyclic amines) is 1. The Hall–Kier alpha value is -3.23. The van der Waals surface area contributed by atoms with E-state index >= 15 is 0 Å². The number of carbonyl (C=O) groups is 3. The summed E-state index contributed by atoms with van der Waals surface area (Å²) in [7, 11) is 1.77. The smallest absolute Gasteiger partial charge is 0.347 e. The first-order valence-electron chi connectivity index (χ1n) is 13.5. The van der Waals surface area contributed by atoms with Gasteiger partial charge in [0, 0.05) is 46.1 Å². The summed E-state index contributed by atoms with van der Waals surface area (Å²) in [6.07, 6.45) is 3.10. The molecule has 1 saturated heterocycles. The van der Waals surface area contributed by atoms with Gasteiger partial charge in [-0.3, -0.25) is 9.59 Å². The Morgan fingerprint density at radius 1 is 0.921 bits per heavy atom. The maximum absolute atomic E-state index is 13.4. The molecule has 2 aromatic rings. The third kappa shape index (κ3) is 6.60. The number of carboxylic acid groups (broad SMARTS) is 1. The van der Waals surface area contributed by atoms with Crippen LogP contribution < -0.4 is 0 Å². The van der Waals surface area contributed by atoms with Crippen LogP contribution in [0.3, 0.4) is 0 Å². The van der Waals surface area contributed by atoms with E-state index < -0.39 is 17.5 Å². The third-order valence-electron chi connectivity index (χ3n) is 7.94. The molecule has 1 amide bonds. The van der Waals surface area contributed by atoms with Gasteiger partial charge in [0.2, 0.25) is 11.5 Å². The van der Waals surface area contributed by atoms with Gasteiger partial charge in [-0.05, 0) is 48.6 Å². The second-order valence-electron chi connectivity index (χ2n) is 10.6. The first-order valence-corrected chi connectivity index (χ1v) is 13.5. The summed E-state index contributed by atoms with van der Waals surface area (Å²) in [5.74, 6) is -0.575. The molecule has 0 radical (unpaired) electrons. The molecule has 2 aliphatic rings. The van der Waals surface area contributed by atoms with Crippen molar-refractivity contribution in [3.8, 4) is 0 Å². The van der Waals surface area contributed by atoms with Crippen LogP contribution in [0, 0.1) is 11.8 Å². The number of rotatable bonds is 12. The molecule has 1 heterocycles. The van der Waals surface area contributed by atoms with Crippen LogP contribution in [0.1, 0.15) is 49.7 Å². The van der Waals surface area contributed by atoms with Crippen LogP contribution >= 0.6 is 0 Å². The average molecular weight is 523 g/mol. The maximum Gasteiger partial charge on any atom is 0.347 e. The van der Waals surface area contributed by atoms with Crippen molar-refractivity contribution < 1.29 is 29.3 Å². The van der Waals surface area contributed by atoms with Gasteiger partial charge in [-0.1, -0.05) is 60.7 Å². The van der Waals surface area contributed by atoms with Gasteiger partial charge >= 0.3 is 11.9 Å². The number of aliphatic hydroxyl groups is 1. The predicted molar refractivity (Wildman–Crippen MR) is 142 cm³/mol. The predicted octanol–water partition coefficient (Wildman–Crippen LogP) is 3.28. The molecule has 38 heavy (non-hydrogen) atoms. The van der Waals surface area contributed by atoms with E-state index in [0.717, 1.165) is 25.9 Å². The van der Waals surface area contributed by atoms with E-state index in [1.807, 2.05) is 12.1 Å². The van der Waals surface area contributed by atoms with Gasteiger partial charge in [0.25, 0.3) is 0 Å². The minimum Gasteiger partial charge on any atom is -0.481 e. The lowest BCUT2D eigenvalue weighted by Crippen LogP contribution is -2.40. The van der Waals surface area contributed by atoms with Crippen LogP contribution in [0.25, 0.3) is 0 Å². The zero-order valence-corrected chi connectivity index (χ0v) is 22.0. The van der Waals surface area contributed by atoms with Gasteiger partial charge in [0.05, 0.1) is 0 Å². The van der Waals surface area contributed by atoms with E-state index in [9.17, 15) is 19.5 Å². The number of esters is 1. The highest BCUT2D eigenvalue weighted by Gasteiger charge is 2.46. The summed E-state index contributed by atoms with van der Waals surface area (Å²) in [5.41, 5.74) is -0.902. The lowest BCUT2D eigenvalue weighted by Gasteiger charge is -2.29. The normalized spacial score (nSPS) is 21.2. The molecule has 2 N–H and O–H groups in total. The van der Waals surface area contributed by atoms with Gasteiger partial charge in [-0.25, -0.2) is 4.79 Å². The molecular formula is C30H38N2O6. The summed E-state index contributed by atoms with van der Waals surface area (Å²) in [6, 6.07) is 17.8. The number of amides is 1. The molecule has 0 unspecified atom stereocenters. The minimum atomic E-state index is -1.87. The Kier molecular flexibility index (Phi) is 9.17. The van der Waals surface area contributed by atoms with E-state index in [4.69, 9.17) is 9.84 Å². The number of fused-ring (bicyclic) bond motifs is 1. The molecule has 0 spiro atoms. The average Bonchev–Trinajstić information content (AvgIpc) is 3.48. The van der Waals surface area contributed by atoms with Crippen LogP contribution in [-0.4, -0.2) is 77.2 Å². The Labute approximate surface area is 224 Å². The fraction of sp³-hybridized carbons (Fsp3) is 0.500. The van der Waals surface area contributed by atoms with E-state index in [-0.39, 0.29) is 18.4 Å². The summed E-state index contributed by atoms with van der Waals surface area (Å²) in [6.45, 7) is 3.01. The summed E-state index contributed by atoms with van der Waals surface area (Å²) in [4.78, 5) is 40.5. The minimum absolute atomic E-state index is 0.0744. The van der Waals surface area contributed by atoms with Gasteiger partial charge in [-0.15, -0.1) is 0 Å². The summed E-state index contributed by atoms with van der Waals surface area (Å²) < 4.78 is 5.94. The lowest BCUT2D eigenvalue weighted by molar-refractivity contribution is -0.168. The zero-order chi connectivity index (χ0) is 27.1. The quantitative estimate of drug-likeness (QED) is 0.325. The molecule has 3 atom stereocenters. The van der Waals surface area contributed by atoms with Crippen LogP contribution in [0.2, 0.25) is 0 Å². The number of hydrogen-bond acceptors (Lipinski definition) is 6. The zero-order valence-electron chi connectivity index (χ0n) is 22.0.